The highest BCUT2D eigenvalue weighted by Crippen LogP contribution is 2.32. The summed E-state index contributed by atoms with van der Waals surface area (Å²) in [4.78, 5) is 22.2. The number of hydrogen-bond acceptors (Lipinski definition) is 6. The van der Waals surface area contributed by atoms with Gasteiger partial charge in [-0.2, -0.15) is 0 Å². The summed E-state index contributed by atoms with van der Waals surface area (Å²) < 4.78 is 6.45. The quantitative estimate of drug-likeness (QED) is 0.766. The van der Waals surface area contributed by atoms with Crippen molar-refractivity contribution >= 4 is 27.3 Å². The number of nitrogens with zero attached hydrogens (tertiary/aromatic N) is 3. The predicted molar refractivity (Wildman–Crippen MR) is 119 cm³/mol. The fourth-order valence-corrected chi connectivity index (χ4v) is 5.77. The SMILES string of the molecule is C[C@H]1[C@H](NC(=O)c2cc3c(C#CCN4CCOCC4)csc3cn2)C2CCN1CC2. The molecule has 0 aliphatic carbocycles. The Bertz CT molecular complexity index is 978. The van der Waals surface area contributed by atoms with Gasteiger partial charge in [0.15, 0.2) is 0 Å². The molecule has 2 aromatic rings. The largest absolute Gasteiger partial charge is 0.379 e. The summed E-state index contributed by atoms with van der Waals surface area (Å²) in [7, 11) is 0. The van der Waals surface area contributed by atoms with Gasteiger partial charge in [0.05, 0.1) is 24.5 Å². The van der Waals surface area contributed by atoms with Gasteiger partial charge in [-0.1, -0.05) is 11.8 Å². The number of carbonyl (C=O) groups excluding carboxylic acids is 1. The molecular formula is C23H28N4O2S. The van der Waals surface area contributed by atoms with Crippen molar-refractivity contribution in [2.24, 2.45) is 5.92 Å². The van der Waals surface area contributed by atoms with E-state index in [1.54, 1.807) is 11.3 Å². The number of morpholine rings is 1. The van der Waals surface area contributed by atoms with Crippen LogP contribution in [0.5, 0.6) is 0 Å². The molecule has 2 bridgehead atoms. The molecule has 158 valence electrons. The maximum absolute atomic E-state index is 13.0. The summed E-state index contributed by atoms with van der Waals surface area (Å²) in [6.45, 7) is 8.73. The molecule has 0 unspecified atom stereocenters. The third kappa shape index (κ3) is 3.97. The van der Waals surface area contributed by atoms with E-state index < -0.39 is 0 Å². The molecule has 6 heterocycles. The summed E-state index contributed by atoms with van der Waals surface area (Å²) in [5, 5.41) is 6.37. The van der Waals surface area contributed by atoms with Crippen LogP contribution in [0, 0.1) is 17.8 Å². The molecule has 1 amide bonds. The lowest BCUT2D eigenvalue weighted by Crippen LogP contribution is -2.62. The normalized spacial score (nSPS) is 28.8. The summed E-state index contributed by atoms with van der Waals surface area (Å²) in [6.07, 6.45) is 4.16. The van der Waals surface area contributed by atoms with Crippen LogP contribution in [0.1, 0.15) is 35.8 Å². The highest BCUT2D eigenvalue weighted by molar-refractivity contribution is 7.17. The highest BCUT2D eigenvalue weighted by atomic mass is 32.1. The number of ether oxygens (including phenoxy) is 1. The van der Waals surface area contributed by atoms with Gasteiger partial charge in [0.2, 0.25) is 0 Å². The lowest BCUT2D eigenvalue weighted by Gasteiger charge is -2.49. The Morgan fingerprint density at radius 1 is 1.30 bits per heavy atom. The van der Waals surface area contributed by atoms with Crippen LogP contribution < -0.4 is 5.32 Å². The van der Waals surface area contributed by atoms with E-state index in [0.717, 1.165) is 61.6 Å². The number of amides is 1. The third-order valence-corrected chi connectivity index (χ3v) is 7.73. The van der Waals surface area contributed by atoms with Crippen molar-refractivity contribution in [3.05, 3.63) is 28.9 Å². The molecule has 2 aromatic heterocycles. The second kappa shape index (κ2) is 8.64. The van der Waals surface area contributed by atoms with Crippen LogP contribution in [0.25, 0.3) is 10.1 Å². The van der Waals surface area contributed by atoms with Crippen LogP contribution in [-0.4, -0.2) is 78.7 Å². The van der Waals surface area contributed by atoms with Gasteiger partial charge in [0, 0.05) is 47.7 Å². The smallest absolute Gasteiger partial charge is 0.270 e. The Hall–Kier alpha value is -1.98. The van der Waals surface area contributed by atoms with Crippen molar-refractivity contribution in [3.63, 3.8) is 0 Å². The molecule has 0 saturated carbocycles. The minimum Gasteiger partial charge on any atom is -0.379 e. The van der Waals surface area contributed by atoms with Crippen LogP contribution in [0.3, 0.4) is 0 Å². The first-order valence-electron chi connectivity index (χ1n) is 10.9. The number of aromatic nitrogens is 1. The number of thiophene rings is 1. The molecule has 30 heavy (non-hydrogen) atoms. The zero-order chi connectivity index (χ0) is 20.5. The van der Waals surface area contributed by atoms with Crippen molar-refractivity contribution in [1.82, 2.24) is 20.1 Å². The number of nitrogens with one attached hydrogen (secondary N) is 1. The average molecular weight is 425 g/mol. The molecule has 4 aliphatic heterocycles. The molecule has 4 aliphatic rings. The van der Waals surface area contributed by atoms with Crippen LogP contribution in [0.2, 0.25) is 0 Å². The van der Waals surface area contributed by atoms with E-state index >= 15 is 0 Å². The Balaban J connectivity index is 1.31. The molecule has 0 radical (unpaired) electrons. The molecule has 1 N–H and O–H groups in total. The monoisotopic (exact) mass is 424 g/mol. The summed E-state index contributed by atoms with van der Waals surface area (Å²) in [5.41, 5.74) is 1.47. The number of rotatable bonds is 3. The van der Waals surface area contributed by atoms with Gasteiger partial charge in [-0.15, -0.1) is 11.3 Å². The maximum atomic E-state index is 13.0. The van der Waals surface area contributed by atoms with Crippen molar-refractivity contribution < 1.29 is 9.53 Å². The van der Waals surface area contributed by atoms with Crippen LogP contribution in [-0.2, 0) is 4.74 Å². The molecule has 6 nitrogen and oxygen atoms in total. The molecule has 2 atom stereocenters. The van der Waals surface area contributed by atoms with Crippen LogP contribution in [0.15, 0.2) is 17.6 Å². The number of pyridine rings is 1. The van der Waals surface area contributed by atoms with E-state index in [1.807, 2.05) is 12.3 Å². The number of fused-ring (bicyclic) bond motifs is 4. The first-order valence-corrected chi connectivity index (χ1v) is 11.8. The second-order valence-corrected chi connectivity index (χ2v) is 9.43. The minimum atomic E-state index is -0.0686. The molecule has 0 spiro atoms. The maximum Gasteiger partial charge on any atom is 0.270 e. The fraction of sp³-hybridized carbons (Fsp3) is 0.565. The average Bonchev–Trinajstić information content (AvgIpc) is 3.19. The Kier molecular flexibility index (Phi) is 5.74. The van der Waals surface area contributed by atoms with Crippen LogP contribution >= 0.6 is 11.3 Å². The Labute approximate surface area is 181 Å². The van der Waals surface area contributed by atoms with Crippen molar-refractivity contribution in [3.8, 4) is 11.8 Å². The van der Waals surface area contributed by atoms with Gasteiger partial charge in [-0.05, 0) is 44.8 Å². The lowest BCUT2D eigenvalue weighted by molar-refractivity contribution is 0.0216. The van der Waals surface area contributed by atoms with Gasteiger partial charge in [-0.25, -0.2) is 4.98 Å². The van der Waals surface area contributed by atoms with Crippen molar-refractivity contribution in [2.45, 2.75) is 31.8 Å². The highest BCUT2D eigenvalue weighted by Gasteiger charge is 2.40. The summed E-state index contributed by atoms with van der Waals surface area (Å²) in [6, 6.07) is 2.52. The molecule has 6 rings (SSSR count). The van der Waals surface area contributed by atoms with Gasteiger partial charge < -0.3 is 10.1 Å². The third-order valence-electron chi connectivity index (χ3n) is 6.80. The molecule has 0 aromatic carbocycles. The van der Waals surface area contributed by atoms with Crippen LogP contribution in [0.4, 0.5) is 0 Å². The lowest BCUT2D eigenvalue weighted by atomic mass is 9.79. The predicted octanol–water partition coefficient (Wildman–Crippen LogP) is 2.19. The van der Waals surface area contributed by atoms with E-state index in [1.165, 1.54) is 12.8 Å². The molecule has 4 fully saturated rings. The first-order chi connectivity index (χ1) is 14.7. The minimum absolute atomic E-state index is 0.0686. The molecular weight excluding hydrogens is 396 g/mol. The summed E-state index contributed by atoms with van der Waals surface area (Å²) in [5.74, 6) is 7.11. The second-order valence-electron chi connectivity index (χ2n) is 8.52. The molecule has 4 saturated heterocycles. The van der Waals surface area contributed by atoms with Crippen molar-refractivity contribution in [1.29, 1.82) is 0 Å². The zero-order valence-electron chi connectivity index (χ0n) is 17.4. The first kappa shape index (κ1) is 20.0. The van der Waals surface area contributed by atoms with Gasteiger partial charge in [0.25, 0.3) is 5.91 Å². The standard InChI is InChI=1S/C23H28N4O2S/c1-16-22(17-4-7-27(16)8-5-17)25-23(28)20-13-19-18(15-30-21(19)14-24-20)3-2-6-26-9-11-29-12-10-26/h13-17,22H,4-12H2,1H3,(H,25,28)/t16-,22-/m0/s1. The van der Waals surface area contributed by atoms with Gasteiger partial charge >= 0.3 is 0 Å². The van der Waals surface area contributed by atoms with Gasteiger partial charge in [-0.3, -0.25) is 14.6 Å². The van der Waals surface area contributed by atoms with E-state index in [-0.39, 0.29) is 11.9 Å². The van der Waals surface area contributed by atoms with Crippen molar-refractivity contribution in [2.75, 3.05) is 45.9 Å². The van der Waals surface area contributed by atoms with E-state index in [0.29, 0.717) is 17.7 Å². The Morgan fingerprint density at radius 2 is 2.10 bits per heavy atom. The topological polar surface area (TPSA) is 57.7 Å². The molecule has 7 heteroatoms. The zero-order valence-corrected chi connectivity index (χ0v) is 18.2. The number of piperidine rings is 3. The van der Waals surface area contributed by atoms with Gasteiger partial charge in [0.1, 0.15) is 5.69 Å². The fourth-order valence-electron chi connectivity index (χ4n) is 4.93. The van der Waals surface area contributed by atoms with E-state index in [9.17, 15) is 4.79 Å². The van der Waals surface area contributed by atoms with E-state index in [4.69, 9.17) is 4.74 Å². The Morgan fingerprint density at radius 3 is 2.87 bits per heavy atom. The van der Waals surface area contributed by atoms with E-state index in [2.05, 4.69) is 44.2 Å². The number of carbonyl (C=O) groups is 1. The number of hydrogen-bond donors (Lipinski definition) is 1. The summed E-state index contributed by atoms with van der Waals surface area (Å²) >= 11 is 1.63.